The van der Waals surface area contributed by atoms with E-state index in [4.69, 9.17) is 11.5 Å². The SMILES string of the molecule is Cc1ncc(N)cc1-c1ccc(N)cn1. The van der Waals surface area contributed by atoms with E-state index < -0.39 is 0 Å². The number of aryl methyl sites for hydroxylation is 1. The maximum absolute atomic E-state index is 5.68. The number of hydrogen-bond acceptors (Lipinski definition) is 4. The Hall–Kier alpha value is -2.10. The summed E-state index contributed by atoms with van der Waals surface area (Å²) in [5.74, 6) is 0. The summed E-state index contributed by atoms with van der Waals surface area (Å²) in [7, 11) is 0. The van der Waals surface area contributed by atoms with Crippen molar-refractivity contribution in [2.75, 3.05) is 11.5 Å². The van der Waals surface area contributed by atoms with Crippen molar-refractivity contribution in [3.63, 3.8) is 0 Å². The van der Waals surface area contributed by atoms with E-state index in [-0.39, 0.29) is 0 Å². The lowest BCUT2D eigenvalue weighted by atomic mass is 10.1. The molecule has 2 heterocycles. The number of hydrogen-bond donors (Lipinski definition) is 2. The summed E-state index contributed by atoms with van der Waals surface area (Å²) in [5, 5.41) is 0. The molecule has 4 nitrogen and oxygen atoms in total. The second-order valence-corrected chi connectivity index (χ2v) is 3.38. The van der Waals surface area contributed by atoms with E-state index in [0.29, 0.717) is 11.4 Å². The smallest absolute Gasteiger partial charge is 0.0722 e. The van der Waals surface area contributed by atoms with Crippen molar-refractivity contribution in [2.45, 2.75) is 6.92 Å². The average molecular weight is 200 g/mol. The zero-order chi connectivity index (χ0) is 10.8. The van der Waals surface area contributed by atoms with Gasteiger partial charge in [0, 0.05) is 11.3 Å². The fraction of sp³-hybridized carbons (Fsp3) is 0.0909. The molecule has 0 aromatic carbocycles. The number of pyridine rings is 2. The van der Waals surface area contributed by atoms with Gasteiger partial charge in [0.2, 0.25) is 0 Å². The normalized spacial score (nSPS) is 10.2. The lowest BCUT2D eigenvalue weighted by molar-refractivity contribution is 1.19. The third-order valence-corrected chi connectivity index (χ3v) is 2.17. The molecule has 76 valence electrons. The summed E-state index contributed by atoms with van der Waals surface area (Å²) < 4.78 is 0. The average Bonchev–Trinajstić information content (AvgIpc) is 2.23. The van der Waals surface area contributed by atoms with Crippen molar-refractivity contribution in [3.05, 3.63) is 36.3 Å². The van der Waals surface area contributed by atoms with Crippen molar-refractivity contribution < 1.29 is 0 Å². The van der Waals surface area contributed by atoms with Crippen LogP contribution < -0.4 is 11.5 Å². The molecular formula is C11H12N4. The Balaban J connectivity index is 2.53. The lowest BCUT2D eigenvalue weighted by Gasteiger charge is -2.05. The second-order valence-electron chi connectivity index (χ2n) is 3.38. The van der Waals surface area contributed by atoms with Crippen molar-refractivity contribution in [1.82, 2.24) is 9.97 Å². The minimum absolute atomic E-state index is 0.634. The van der Waals surface area contributed by atoms with Gasteiger partial charge in [-0.1, -0.05) is 0 Å². The van der Waals surface area contributed by atoms with Crippen LogP contribution in [-0.2, 0) is 0 Å². The summed E-state index contributed by atoms with van der Waals surface area (Å²) in [4.78, 5) is 8.41. The first-order valence-corrected chi connectivity index (χ1v) is 4.61. The van der Waals surface area contributed by atoms with E-state index in [1.54, 1.807) is 12.4 Å². The molecule has 2 aromatic rings. The number of nitrogen functional groups attached to an aromatic ring is 2. The predicted octanol–water partition coefficient (Wildman–Crippen LogP) is 1.62. The molecule has 4 N–H and O–H groups in total. The summed E-state index contributed by atoms with van der Waals surface area (Å²) in [6.07, 6.45) is 3.26. The Labute approximate surface area is 88.0 Å². The van der Waals surface area contributed by atoms with Crippen LogP contribution in [0.15, 0.2) is 30.6 Å². The molecule has 0 aliphatic rings. The van der Waals surface area contributed by atoms with E-state index in [2.05, 4.69) is 9.97 Å². The molecule has 15 heavy (non-hydrogen) atoms. The fourth-order valence-corrected chi connectivity index (χ4v) is 1.37. The van der Waals surface area contributed by atoms with Gasteiger partial charge >= 0.3 is 0 Å². The molecule has 0 amide bonds. The third kappa shape index (κ3) is 1.88. The van der Waals surface area contributed by atoms with E-state index in [1.807, 2.05) is 25.1 Å². The topological polar surface area (TPSA) is 77.8 Å². The number of aromatic nitrogens is 2. The molecule has 0 saturated carbocycles. The Morgan fingerprint density at radius 2 is 1.73 bits per heavy atom. The first-order chi connectivity index (χ1) is 7.16. The summed E-state index contributed by atoms with van der Waals surface area (Å²) in [6.45, 7) is 1.92. The lowest BCUT2D eigenvalue weighted by Crippen LogP contribution is -1.94. The maximum Gasteiger partial charge on any atom is 0.0722 e. The van der Waals surface area contributed by atoms with Crippen LogP contribution in [0.5, 0.6) is 0 Å². The van der Waals surface area contributed by atoms with E-state index in [9.17, 15) is 0 Å². The molecule has 0 aliphatic carbocycles. The van der Waals surface area contributed by atoms with E-state index in [1.165, 1.54) is 0 Å². The van der Waals surface area contributed by atoms with Gasteiger partial charge in [0.15, 0.2) is 0 Å². The van der Waals surface area contributed by atoms with E-state index in [0.717, 1.165) is 17.0 Å². The van der Waals surface area contributed by atoms with E-state index >= 15 is 0 Å². The first-order valence-electron chi connectivity index (χ1n) is 4.61. The molecular weight excluding hydrogens is 188 g/mol. The molecule has 4 heteroatoms. The van der Waals surface area contributed by atoms with Gasteiger partial charge in [-0.3, -0.25) is 9.97 Å². The molecule has 0 atom stereocenters. The highest BCUT2D eigenvalue weighted by atomic mass is 14.8. The van der Waals surface area contributed by atoms with Gasteiger partial charge in [0.25, 0.3) is 0 Å². The highest BCUT2D eigenvalue weighted by Gasteiger charge is 2.04. The standard InChI is InChI=1S/C11H12N4/c1-7-10(4-9(13)6-14-7)11-3-2-8(12)5-15-11/h2-6H,12-13H2,1H3. The van der Waals surface area contributed by atoms with Crippen molar-refractivity contribution in [2.24, 2.45) is 0 Å². The van der Waals surface area contributed by atoms with Gasteiger partial charge in [-0.05, 0) is 25.1 Å². The van der Waals surface area contributed by atoms with Gasteiger partial charge in [-0.15, -0.1) is 0 Å². The van der Waals surface area contributed by atoms with Gasteiger partial charge in [0.1, 0.15) is 0 Å². The molecule has 0 aliphatic heterocycles. The van der Waals surface area contributed by atoms with Gasteiger partial charge < -0.3 is 11.5 Å². The molecule has 0 saturated heterocycles. The quantitative estimate of drug-likeness (QED) is 0.733. The van der Waals surface area contributed by atoms with Crippen LogP contribution in [0.4, 0.5) is 11.4 Å². The molecule has 2 aromatic heterocycles. The Morgan fingerprint density at radius 1 is 1.00 bits per heavy atom. The molecule has 0 spiro atoms. The molecule has 0 radical (unpaired) electrons. The Bertz CT molecular complexity index is 476. The zero-order valence-electron chi connectivity index (χ0n) is 8.44. The third-order valence-electron chi connectivity index (χ3n) is 2.17. The predicted molar refractivity (Wildman–Crippen MR) is 61.0 cm³/mol. The molecule has 0 fully saturated rings. The molecule has 0 bridgehead atoms. The van der Waals surface area contributed by atoms with Crippen LogP contribution in [0.1, 0.15) is 5.69 Å². The van der Waals surface area contributed by atoms with Gasteiger partial charge in [-0.2, -0.15) is 0 Å². The van der Waals surface area contributed by atoms with Crippen LogP contribution in [0.25, 0.3) is 11.3 Å². The van der Waals surface area contributed by atoms with Gasteiger partial charge in [0.05, 0.1) is 29.5 Å². The fourth-order valence-electron chi connectivity index (χ4n) is 1.37. The Morgan fingerprint density at radius 3 is 2.40 bits per heavy atom. The number of nitrogens with zero attached hydrogens (tertiary/aromatic N) is 2. The van der Waals surface area contributed by atoms with Crippen LogP contribution >= 0.6 is 0 Å². The molecule has 0 unspecified atom stereocenters. The second kappa shape index (κ2) is 3.57. The summed E-state index contributed by atoms with van der Waals surface area (Å²) >= 11 is 0. The van der Waals surface area contributed by atoms with Crippen molar-refractivity contribution >= 4 is 11.4 Å². The summed E-state index contributed by atoms with van der Waals surface area (Å²) in [6, 6.07) is 5.53. The van der Waals surface area contributed by atoms with Crippen LogP contribution in [0.3, 0.4) is 0 Å². The van der Waals surface area contributed by atoms with Gasteiger partial charge in [-0.25, -0.2) is 0 Å². The first kappa shape index (κ1) is 9.45. The Kier molecular flexibility index (Phi) is 2.25. The number of nitrogens with two attached hydrogens (primary N) is 2. The minimum Gasteiger partial charge on any atom is -0.397 e. The van der Waals surface area contributed by atoms with Crippen molar-refractivity contribution in [1.29, 1.82) is 0 Å². The van der Waals surface area contributed by atoms with Crippen LogP contribution in [0, 0.1) is 6.92 Å². The monoisotopic (exact) mass is 200 g/mol. The largest absolute Gasteiger partial charge is 0.397 e. The maximum atomic E-state index is 5.68. The highest BCUT2D eigenvalue weighted by Crippen LogP contribution is 2.22. The number of rotatable bonds is 1. The number of anilines is 2. The minimum atomic E-state index is 0.634. The molecule has 2 rings (SSSR count). The van der Waals surface area contributed by atoms with Crippen LogP contribution in [-0.4, -0.2) is 9.97 Å². The summed E-state index contributed by atoms with van der Waals surface area (Å²) in [5.41, 5.74) is 15.2. The zero-order valence-corrected chi connectivity index (χ0v) is 8.44. The van der Waals surface area contributed by atoms with Crippen molar-refractivity contribution in [3.8, 4) is 11.3 Å². The highest BCUT2D eigenvalue weighted by molar-refractivity contribution is 5.66. The van der Waals surface area contributed by atoms with Crippen LogP contribution in [0.2, 0.25) is 0 Å².